The molecule has 13 heteroatoms. The van der Waals surface area contributed by atoms with Crippen molar-refractivity contribution in [2.24, 2.45) is 0 Å². The van der Waals surface area contributed by atoms with Crippen LogP contribution in [0.25, 0.3) is 11.1 Å². The molecule has 2 aliphatic rings. The molecular weight excluding hydrogens is 741 g/mol. The Bertz CT molecular complexity index is 2140. The van der Waals surface area contributed by atoms with Crippen molar-refractivity contribution in [2.45, 2.75) is 38.8 Å². The van der Waals surface area contributed by atoms with Crippen molar-refractivity contribution in [2.75, 3.05) is 53.2 Å². The number of likely N-dealkylation sites (N-methyl/N-ethyl adjacent to an activating group) is 1. The molecule has 13 nitrogen and oxygen atoms in total. The molecule has 0 aliphatic carbocycles. The van der Waals surface area contributed by atoms with Gasteiger partial charge in [-0.25, -0.2) is 0 Å². The highest BCUT2D eigenvalue weighted by molar-refractivity contribution is 6.06. The third-order valence-corrected chi connectivity index (χ3v) is 10.1. The summed E-state index contributed by atoms with van der Waals surface area (Å²) in [5.41, 5.74) is 6.89. The van der Waals surface area contributed by atoms with Crippen molar-refractivity contribution >= 4 is 40.7 Å². The van der Waals surface area contributed by atoms with Crippen LogP contribution in [0.4, 0.5) is 0 Å². The summed E-state index contributed by atoms with van der Waals surface area (Å²) in [6, 6.07) is 29.4. The number of ether oxygens (including phenoxy) is 3. The van der Waals surface area contributed by atoms with Gasteiger partial charge in [-0.05, 0) is 88.7 Å². The topological polar surface area (TPSA) is 164 Å². The number of hydrogen-bond donors (Lipinski definition) is 3. The number of carbonyl (C=O) groups is 5. The van der Waals surface area contributed by atoms with Gasteiger partial charge >= 0.3 is 0 Å². The quantitative estimate of drug-likeness (QED) is 0.0729. The number of fused-ring (bicyclic) bond motifs is 1. The zero-order valence-electron chi connectivity index (χ0n) is 32.7. The van der Waals surface area contributed by atoms with Gasteiger partial charge in [0.1, 0.15) is 30.8 Å². The molecular formula is C45H48N4O9. The molecule has 0 spiro atoms. The summed E-state index contributed by atoms with van der Waals surface area (Å²) in [4.78, 5) is 65.1. The summed E-state index contributed by atoms with van der Waals surface area (Å²) in [6.07, 6.45) is 1.25. The number of amides is 5. The van der Waals surface area contributed by atoms with Crippen LogP contribution in [0.5, 0.6) is 11.5 Å². The Balaban J connectivity index is 0.869. The SMILES string of the molecule is CC/C(=C(\c1ccc(O)cc1)c1ccc(OCCN(C)C(=O)COCCOCCNC(=O)c2ccc3c(c2)CN(C2CCC(=O)NC2=O)C3=O)cc1)c1ccccc1. The number of nitrogens with one attached hydrogen (secondary N) is 2. The molecule has 4 aromatic rings. The van der Waals surface area contributed by atoms with E-state index in [-0.39, 0.29) is 81.7 Å². The van der Waals surface area contributed by atoms with Gasteiger partial charge in [-0.1, -0.05) is 61.5 Å². The molecule has 4 aromatic carbocycles. The Morgan fingerprint density at radius 3 is 2.24 bits per heavy atom. The number of rotatable bonds is 18. The first kappa shape index (κ1) is 41.3. The third kappa shape index (κ3) is 10.3. The van der Waals surface area contributed by atoms with Crippen LogP contribution in [0.2, 0.25) is 0 Å². The van der Waals surface area contributed by atoms with Crippen LogP contribution in [0.3, 0.4) is 0 Å². The number of carbonyl (C=O) groups excluding carboxylic acids is 5. The lowest BCUT2D eigenvalue weighted by Crippen LogP contribution is -2.52. The number of phenolic OH excluding ortho intramolecular Hbond substituents is 1. The molecule has 58 heavy (non-hydrogen) atoms. The lowest BCUT2D eigenvalue weighted by atomic mass is 9.88. The summed E-state index contributed by atoms with van der Waals surface area (Å²) in [5, 5.41) is 15.0. The maximum Gasteiger partial charge on any atom is 0.255 e. The van der Waals surface area contributed by atoms with E-state index in [2.05, 4.69) is 29.7 Å². The van der Waals surface area contributed by atoms with Crippen molar-refractivity contribution < 1.29 is 43.3 Å². The predicted octanol–water partition coefficient (Wildman–Crippen LogP) is 4.82. The normalized spacial score (nSPS) is 15.4. The third-order valence-electron chi connectivity index (χ3n) is 10.1. The van der Waals surface area contributed by atoms with Crippen LogP contribution in [0.15, 0.2) is 97.1 Å². The maximum absolute atomic E-state index is 12.9. The molecule has 1 atom stereocenters. The number of allylic oxidation sites excluding steroid dienone is 1. The van der Waals surface area contributed by atoms with Gasteiger partial charge < -0.3 is 34.4 Å². The average molecular weight is 789 g/mol. The van der Waals surface area contributed by atoms with Gasteiger partial charge in [0.25, 0.3) is 11.8 Å². The van der Waals surface area contributed by atoms with E-state index in [9.17, 15) is 29.1 Å². The Morgan fingerprint density at radius 1 is 0.845 bits per heavy atom. The highest BCUT2D eigenvalue weighted by atomic mass is 16.5. The molecule has 0 aromatic heterocycles. The van der Waals surface area contributed by atoms with Crippen molar-refractivity contribution in [1.29, 1.82) is 0 Å². The molecule has 5 amide bonds. The number of nitrogens with zero attached hydrogens (tertiary/aromatic N) is 2. The lowest BCUT2D eigenvalue weighted by Gasteiger charge is -2.29. The Morgan fingerprint density at radius 2 is 1.53 bits per heavy atom. The standard InChI is InChI=1S/C45H48N4O9/c1-3-37(30-7-5-4-6-8-30)42(31-9-14-35(50)15-10-31)32-11-16-36(17-12-32)58-24-22-48(2)41(52)29-57-26-25-56-23-21-46-43(53)33-13-18-38-34(27-33)28-49(45(38)55)39-19-20-40(51)47-44(39)54/h4-18,27,39,50H,3,19-26,28-29H2,1-2H3,(H,46,53)(H,47,51,54)/b42-37-. The molecule has 6 rings (SSSR count). The van der Waals surface area contributed by atoms with Crippen LogP contribution in [-0.4, -0.2) is 104 Å². The Kier molecular flexibility index (Phi) is 14.0. The minimum absolute atomic E-state index is 0.110. The second-order valence-electron chi connectivity index (χ2n) is 14.0. The fourth-order valence-corrected chi connectivity index (χ4v) is 6.99. The molecule has 0 saturated carbocycles. The maximum atomic E-state index is 12.9. The van der Waals surface area contributed by atoms with E-state index < -0.39 is 11.9 Å². The molecule has 0 bridgehead atoms. The van der Waals surface area contributed by atoms with Crippen LogP contribution in [0.1, 0.15) is 69.2 Å². The smallest absolute Gasteiger partial charge is 0.255 e. The first-order valence-corrected chi connectivity index (χ1v) is 19.4. The number of imide groups is 1. The van der Waals surface area contributed by atoms with E-state index >= 15 is 0 Å². The number of phenols is 1. The van der Waals surface area contributed by atoms with Crippen LogP contribution >= 0.6 is 0 Å². The number of benzene rings is 4. The molecule has 2 heterocycles. The highest BCUT2D eigenvalue weighted by Crippen LogP contribution is 2.35. The fraction of sp³-hybridized carbons (Fsp3) is 0.311. The second kappa shape index (κ2) is 19.7. The first-order valence-electron chi connectivity index (χ1n) is 19.4. The van der Waals surface area contributed by atoms with Gasteiger partial charge in [0.2, 0.25) is 17.7 Å². The summed E-state index contributed by atoms with van der Waals surface area (Å²) in [5.74, 6) is -0.764. The zero-order valence-corrected chi connectivity index (χ0v) is 32.7. The lowest BCUT2D eigenvalue weighted by molar-refractivity contribution is -0.137. The summed E-state index contributed by atoms with van der Waals surface area (Å²) >= 11 is 0. The summed E-state index contributed by atoms with van der Waals surface area (Å²) < 4.78 is 17.0. The number of piperidine rings is 1. The van der Waals surface area contributed by atoms with E-state index in [1.807, 2.05) is 54.6 Å². The minimum atomic E-state index is -0.720. The molecule has 1 fully saturated rings. The Hall–Kier alpha value is -6.31. The van der Waals surface area contributed by atoms with Gasteiger partial charge in [-0.3, -0.25) is 29.3 Å². The minimum Gasteiger partial charge on any atom is -0.508 e. The monoisotopic (exact) mass is 788 g/mol. The molecule has 1 saturated heterocycles. The van der Waals surface area contributed by atoms with Crippen molar-refractivity contribution in [3.05, 3.63) is 130 Å². The molecule has 2 aliphatic heterocycles. The van der Waals surface area contributed by atoms with Gasteiger partial charge in [0, 0.05) is 37.7 Å². The van der Waals surface area contributed by atoms with Crippen LogP contribution in [0, 0.1) is 0 Å². The van der Waals surface area contributed by atoms with Gasteiger partial charge in [0.05, 0.1) is 26.4 Å². The number of aromatic hydroxyl groups is 1. The zero-order chi connectivity index (χ0) is 41.0. The van der Waals surface area contributed by atoms with E-state index in [4.69, 9.17) is 14.2 Å². The molecule has 3 N–H and O–H groups in total. The second-order valence-corrected chi connectivity index (χ2v) is 14.0. The largest absolute Gasteiger partial charge is 0.508 e. The van der Waals surface area contributed by atoms with Crippen molar-refractivity contribution in [3.8, 4) is 11.5 Å². The Labute approximate surface area is 337 Å². The molecule has 1 unspecified atom stereocenters. The van der Waals surface area contributed by atoms with Crippen LogP contribution < -0.4 is 15.4 Å². The number of hydrogen-bond acceptors (Lipinski definition) is 9. The van der Waals surface area contributed by atoms with Crippen LogP contribution in [-0.2, 0) is 30.4 Å². The predicted molar refractivity (Wildman–Crippen MR) is 217 cm³/mol. The fourth-order valence-electron chi connectivity index (χ4n) is 6.99. The van der Waals surface area contributed by atoms with Gasteiger partial charge in [-0.15, -0.1) is 0 Å². The summed E-state index contributed by atoms with van der Waals surface area (Å²) in [6.45, 7) is 3.78. The van der Waals surface area contributed by atoms with E-state index in [0.717, 1.165) is 28.7 Å². The highest BCUT2D eigenvalue weighted by Gasteiger charge is 2.39. The van der Waals surface area contributed by atoms with E-state index in [1.165, 1.54) is 10.5 Å². The first-order chi connectivity index (χ1) is 28.1. The van der Waals surface area contributed by atoms with Gasteiger partial charge in [0.15, 0.2) is 0 Å². The van der Waals surface area contributed by atoms with E-state index in [1.54, 1.807) is 42.3 Å². The van der Waals surface area contributed by atoms with E-state index in [0.29, 0.717) is 35.6 Å². The molecule has 0 radical (unpaired) electrons. The average Bonchev–Trinajstić information content (AvgIpc) is 3.56. The van der Waals surface area contributed by atoms with Crippen molar-refractivity contribution in [3.63, 3.8) is 0 Å². The molecule has 302 valence electrons. The van der Waals surface area contributed by atoms with Gasteiger partial charge in [-0.2, -0.15) is 0 Å². The summed E-state index contributed by atoms with van der Waals surface area (Å²) in [7, 11) is 1.69. The van der Waals surface area contributed by atoms with Crippen molar-refractivity contribution in [1.82, 2.24) is 20.4 Å².